The van der Waals surface area contributed by atoms with E-state index in [2.05, 4.69) is 5.32 Å². The van der Waals surface area contributed by atoms with Crippen molar-refractivity contribution in [2.45, 2.75) is 25.0 Å². The number of aliphatic hydroxyl groups excluding tert-OH is 1. The maximum atomic E-state index is 11.5. The number of amides is 3. The van der Waals surface area contributed by atoms with Gasteiger partial charge in [-0.05, 0) is 12.8 Å². The molecular formula is C8H12N2O4. The summed E-state index contributed by atoms with van der Waals surface area (Å²) in [6, 6.07) is -0.584. The summed E-state index contributed by atoms with van der Waals surface area (Å²) in [4.78, 5) is 23.8. The summed E-state index contributed by atoms with van der Waals surface area (Å²) >= 11 is 0. The fourth-order valence-electron chi connectivity index (χ4n) is 1.90. The minimum absolute atomic E-state index is 0.442. The number of urea groups is 1. The number of nitrogens with zero attached hydrogens (tertiary/aromatic N) is 1. The molecule has 2 heterocycles. The highest BCUT2D eigenvalue weighted by Crippen LogP contribution is 2.32. The number of imide groups is 1. The molecule has 3 amide bonds. The number of carbonyl (C=O) groups excluding carboxylic acids is 2. The minimum Gasteiger partial charge on any atom is -0.376 e. The lowest BCUT2D eigenvalue weighted by molar-refractivity contribution is -0.179. The maximum Gasteiger partial charge on any atom is 0.328 e. The standard InChI is InChI=1S/C8H12N2O4/c11-5-10-7(13)9-6(12)8(10)3-1-2-4-14-8/h11H,1-5H2,(H,9,12,13). The Bertz CT molecular complexity index is 273. The monoisotopic (exact) mass is 200 g/mol. The maximum absolute atomic E-state index is 11.5. The van der Waals surface area contributed by atoms with Gasteiger partial charge in [0, 0.05) is 6.42 Å². The second-order valence-corrected chi connectivity index (χ2v) is 3.42. The molecule has 0 aromatic heterocycles. The summed E-state index contributed by atoms with van der Waals surface area (Å²) in [5.74, 6) is -0.462. The lowest BCUT2D eigenvalue weighted by Gasteiger charge is -2.36. The van der Waals surface area contributed by atoms with E-state index in [0.717, 1.165) is 17.7 Å². The average Bonchev–Trinajstić information content (AvgIpc) is 2.40. The van der Waals surface area contributed by atoms with Crippen LogP contribution in [-0.4, -0.2) is 41.0 Å². The Hall–Kier alpha value is -1.14. The summed E-state index contributed by atoms with van der Waals surface area (Å²) in [5, 5.41) is 11.1. The number of aliphatic hydroxyl groups is 1. The van der Waals surface area contributed by atoms with Gasteiger partial charge in [0.05, 0.1) is 6.61 Å². The van der Waals surface area contributed by atoms with Crippen molar-refractivity contribution in [2.75, 3.05) is 13.3 Å². The van der Waals surface area contributed by atoms with Crippen molar-refractivity contribution < 1.29 is 19.4 Å². The summed E-state index contributed by atoms with van der Waals surface area (Å²) in [6.45, 7) is -0.0607. The SMILES string of the molecule is O=C1NC(=O)C2(CCCCO2)N1CO. The highest BCUT2D eigenvalue weighted by molar-refractivity contribution is 6.06. The molecule has 6 nitrogen and oxygen atoms in total. The van der Waals surface area contributed by atoms with Crippen molar-refractivity contribution in [3.05, 3.63) is 0 Å². The van der Waals surface area contributed by atoms with Crippen molar-refractivity contribution in [2.24, 2.45) is 0 Å². The molecule has 1 atom stereocenters. The molecule has 2 N–H and O–H groups in total. The molecule has 0 aliphatic carbocycles. The van der Waals surface area contributed by atoms with Crippen molar-refractivity contribution >= 4 is 11.9 Å². The molecule has 0 bridgehead atoms. The van der Waals surface area contributed by atoms with Crippen LogP contribution in [0.1, 0.15) is 19.3 Å². The lowest BCUT2D eigenvalue weighted by Crippen LogP contribution is -2.54. The Labute approximate surface area is 80.8 Å². The van der Waals surface area contributed by atoms with Crippen molar-refractivity contribution in [1.29, 1.82) is 0 Å². The molecule has 0 aromatic carbocycles. The van der Waals surface area contributed by atoms with Crippen LogP contribution in [0, 0.1) is 0 Å². The third-order valence-electron chi connectivity index (χ3n) is 2.65. The van der Waals surface area contributed by atoms with Crippen LogP contribution in [0.2, 0.25) is 0 Å². The summed E-state index contributed by atoms with van der Waals surface area (Å²) in [6.07, 6.45) is 2.14. The number of ether oxygens (including phenoxy) is 1. The van der Waals surface area contributed by atoms with Crippen molar-refractivity contribution in [1.82, 2.24) is 10.2 Å². The Kier molecular flexibility index (Phi) is 2.16. The average molecular weight is 200 g/mol. The molecule has 2 aliphatic rings. The Morgan fingerprint density at radius 3 is 2.86 bits per heavy atom. The molecule has 0 radical (unpaired) electrons. The van der Waals surface area contributed by atoms with Gasteiger partial charge in [0.2, 0.25) is 5.72 Å². The molecule has 6 heteroatoms. The molecule has 2 saturated heterocycles. The van der Waals surface area contributed by atoms with Crippen LogP contribution in [0.3, 0.4) is 0 Å². The number of hydrogen-bond donors (Lipinski definition) is 2. The van der Waals surface area contributed by atoms with Crippen LogP contribution in [0.25, 0.3) is 0 Å². The van der Waals surface area contributed by atoms with E-state index in [1.807, 2.05) is 0 Å². The molecular weight excluding hydrogens is 188 g/mol. The zero-order valence-electron chi connectivity index (χ0n) is 7.65. The fourth-order valence-corrected chi connectivity index (χ4v) is 1.90. The third kappa shape index (κ3) is 1.11. The van der Waals surface area contributed by atoms with Gasteiger partial charge in [-0.15, -0.1) is 0 Å². The predicted molar refractivity (Wildman–Crippen MR) is 45.0 cm³/mol. The van der Waals surface area contributed by atoms with E-state index in [-0.39, 0.29) is 0 Å². The molecule has 1 unspecified atom stereocenters. The van der Waals surface area contributed by atoms with Gasteiger partial charge in [-0.25, -0.2) is 4.79 Å². The topological polar surface area (TPSA) is 78.9 Å². The van der Waals surface area contributed by atoms with Crippen LogP contribution in [0.5, 0.6) is 0 Å². The Balaban J connectivity index is 2.29. The zero-order valence-corrected chi connectivity index (χ0v) is 7.65. The number of carbonyl (C=O) groups is 2. The minimum atomic E-state index is -1.25. The van der Waals surface area contributed by atoms with Crippen LogP contribution >= 0.6 is 0 Å². The van der Waals surface area contributed by atoms with Crippen LogP contribution < -0.4 is 5.32 Å². The quantitative estimate of drug-likeness (QED) is 0.553. The van der Waals surface area contributed by atoms with Gasteiger partial charge in [-0.2, -0.15) is 0 Å². The van der Waals surface area contributed by atoms with E-state index in [4.69, 9.17) is 9.84 Å². The van der Waals surface area contributed by atoms with Crippen LogP contribution in [0.15, 0.2) is 0 Å². The van der Waals surface area contributed by atoms with Gasteiger partial charge in [-0.3, -0.25) is 15.0 Å². The van der Waals surface area contributed by atoms with E-state index >= 15 is 0 Å². The van der Waals surface area contributed by atoms with E-state index in [1.54, 1.807) is 0 Å². The number of nitrogens with one attached hydrogen (secondary N) is 1. The Morgan fingerprint density at radius 2 is 2.29 bits per heavy atom. The van der Waals surface area contributed by atoms with Gasteiger partial charge in [0.15, 0.2) is 0 Å². The summed E-state index contributed by atoms with van der Waals surface area (Å²) in [7, 11) is 0. The second-order valence-electron chi connectivity index (χ2n) is 3.42. The molecule has 2 aliphatic heterocycles. The summed E-state index contributed by atoms with van der Waals surface area (Å²) < 4.78 is 5.35. The molecule has 14 heavy (non-hydrogen) atoms. The molecule has 0 aromatic rings. The molecule has 0 saturated carbocycles. The zero-order chi connectivity index (χ0) is 10.2. The van der Waals surface area contributed by atoms with Crippen LogP contribution in [-0.2, 0) is 9.53 Å². The first-order chi connectivity index (χ1) is 6.70. The predicted octanol–water partition coefficient (Wildman–Crippen LogP) is -0.615. The van der Waals surface area contributed by atoms with E-state index in [9.17, 15) is 9.59 Å². The van der Waals surface area contributed by atoms with Gasteiger partial charge in [0.1, 0.15) is 6.73 Å². The summed E-state index contributed by atoms with van der Waals surface area (Å²) in [5.41, 5.74) is -1.25. The van der Waals surface area contributed by atoms with Crippen LogP contribution in [0.4, 0.5) is 4.79 Å². The van der Waals surface area contributed by atoms with Gasteiger partial charge >= 0.3 is 6.03 Å². The largest absolute Gasteiger partial charge is 0.376 e. The van der Waals surface area contributed by atoms with Gasteiger partial charge < -0.3 is 9.84 Å². The Morgan fingerprint density at radius 1 is 1.50 bits per heavy atom. The van der Waals surface area contributed by atoms with E-state index in [1.165, 1.54) is 0 Å². The number of rotatable bonds is 1. The number of hydrogen-bond acceptors (Lipinski definition) is 4. The van der Waals surface area contributed by atoms with Gasteiger partial charge in [-0.1, -0.05) is 0 Å². The molecule has 2 rings (SSSR count). The van der Waals surface area contributed by atoms with E-state index in [0.29, 0.717) is 13.0 Å². The molecule has 78 valence electrons. The molecule has 1 spiro atoms. The first kappa shape index (κ1) is 9.42. The normalized spacial score (nSPS) is 32.5. The van der Waals surface area contributed by atoms with E-state index < -0.39 is 24.4 Å². The smallest absolute Gasteiger partial charge is 0.328 e. The van der Waals surface area contributed by atoms with Gasteiger partial charge in [0.25, 0.3) is 5.91 Å². The highest BCUT2D eigenvalue weighted by atomic mass is 16.5. The molecule has 2 fully saturated rings. The van der Waals surface area contributed by atoms with Crippen molar-refractivity contribution in [3.8, 4) is 0 Å². The second kappa shape index (κ2) is 3.21. The highest BCUT2D eigenvalue weighted by Gasteiger charge is 2.54. The third-order valence-corrected chi connectivity index (χ3v) is 2.65. The first-order valence-electron chi connectivity index (χ1n) is 4.58. The lowest BCUT2D eigenvalue weighted by atomic mass is 10.0. The fraction of sp³-hybridized carbons (Fsp3) is 0.750. The van der Waals surface area contributed by atoms with Crippen molar-refractivity contribution in [3.63, 3.8) is 0 Å². The first-order valence-corrected chi connectivity index (χ1v) is 4.58.